The average molecular weight is 433 g/mol. The van der Waals surface area contributed by atoms with Gasteiger partial charge in [0.25, 0.3) is 0 Å². The van der Waals surface area contributed by atoms with Crippen molar-refractivity contribution in [1.29, 1.82) is 0 Å². The van der Waals surface area contributed by atoms with Crippen LogP contribution in [-0.2, 0) is 0 Å². The number of nitrogens with zero attached hydrogens (tertiary/aromatic N) is 3. The largest absolute Gasteiger partial charge is 0.434 e. The molecule has 0 aliphatic heterocycles. The smallest absolute Gasteiger partial charge is 0.373 e. The van der Waals surface area contributed by atoms with E-state index in [1.807, 2.05) is 19.9 Å². The number of aryl methyl sites for hydroxylation is 2. The molecule has 0 unspecified atom stereocenters. The molecule has 0 bridgehead atoms. The van der Waals surface area contributed by atoms with Crippen molar-refractivity contribution in [3.8, 4) is 11.6 Å². The van der Waals surface area contributed by atoms with Crippen LogP contribution in [0.2, 0.25) is 0 Å². The summed E-state index contributed by atoms with van der Waals surface area (Å²) in [7, 11) is 0. The normalized spacial score (nSPS) is 10.5. The first-order valence-corrected chi connectivity index (χ1v) is 8.60. The lowest BCUT2D eigenvalue weighted by molar-refractivity contribution is -0.385. The SMILES string of the molecule is Cc1cc(C)cc(Oc2ncnc(Nc3ccc(Br)cc3F)c2[N+](=O)[O-])c1. The monoisotopic (exact) mass is 432 g/mol. The van der Waals surface area contributed by atoms with Crippen molar-refractivity contribution in [2.75, 3.05) is 5.32 Å². The molecular formula is C18H14BrFN4O3. The highest BCUT2D eigenvalue weighted by Gasteiger charge is 2.26. The minimum Gasteiger partial charge on any atom is -0.434 e. The Bertz CT molecular complexity index is 1010. The molecule has 0 saturated carbocycles. The molecule has 7 nitrogen and oxygen atoms in total. The van der Waals surface area contributed by atoms with Crippen molar-refractivity contribution in [2.24, 2.45) is 0 Å². The lowest BCUT2D eigenvalue weighted by Gasteiger charge is -2.11. The maximum atomic E-state index is 14.1. The van der Waals surface area contributed by atoms with Gasteiger partial charge in [-0.15, -0.1) is 0 Å². The van der Waals surface area contributed by atoms with Crippen molar-refractivity contribution in [1.82, 2.24) is 9.97 Å². The van der Waals surface area contributed by atoms with E-state index in [-0.39, 0.29) is 17.4 Å². The Morgan fingerprint density at radius 3 is 2.48 bits per heavy atom. The number of halogens is 2. The van der Waals surface area contributed by atoms with E-state index in [4.69, 9.17) is 4.74 Å². The molecular weight excluding hydrogens is 419 g/mol. The van der Waals surface area contributed by atoms with Gasteiger partial charge in [-0.05, 0) is 55.3 Å². The number of aromatic nitrogens is 2. The van der Waals surface area contributed by atoms with Gasteiger partial charge < -0.3 is 10.1 Å². The molecule has 0 amide bonds. The molecule has 0 saturated heterocycles. The summed E-state index contributed by atoms with van der Waals surface area (Å²) in [5, 5.41) is 14.2. The number of nitrogens with one attached hydrogen (secondary N) is 1. The van der Waals surface area contributed by atoms with Crippen LogP contribution in [0.15, 0.2) is 47.2 Å². The summed E-state index contributed by atoms with van der Waals surface area (Å²) in [6, 6.07) is 9.70. The minimum atomic E-state index is -0.670. The minimum absolute atomic E-state index is 0.0392. The van der Waals surface area contributed by atoms with Crippen molar-refractivity contribution in [3.63, 3.8) is 0 Å². The zero-order valence-corrected chi connectivity index (χ0v) is 15.9. The quantitative estimate of drug-likeness (QED) is 0.426. The Morgan fingerprint density at radius 2 is 1.85 bits per heavy atom. The molecule has 1 aromatic heterocycles. The van der Waals surface area contributed by atoms with E-state index in [1.54, 1.807) is 18.2 Å². The molecule has 0 aliphatic rings. The molecule has 3 rings (SSSR count). The molecule has 0 fully saturated rings. The third kappa shape index (κ3) is 4.37. The van der Waals surface area contributed by atoms with Gasteiger partial charge in [-0.25, -0.2) is 9.37 Å². The van der Waals surface area contributed by atoms with Crippen molar-refractivity contribution in [3.05, 3.63) is 74.3 Å². The molecule has 0 spiro atoms. The highest BCUT2D eigenvalue weighted by molar-refractivity contribution is 9.10. The number of hydrogen-bond donors (Lipinski definition) is 1. The van der Waals surface area contributed by atoms with Gasteiger partial charge in [0.15, 0.2) is 0 Å². The maximum absolute atomic E-state index is 14.1. The van der Waals surface area contributed by atoms with Gasteiger partial charge in [0, 0.05) is 4.47 Å². The third-order valence-electron chi connectivity index (χ3n) is 3.57. The summed E-state index contributed by atoms with van der Waals surface area (Å²) in [5.41, 5.74) is 1.44. The predicted molar refractivity (Wildman–Crippen MR) is 102 cm³/mol. The lowest BCUT2D eigenvalue weighted by atomic mass is 10.1. The second-order valence-corrected chi connectivity index (χ2v) is 6.72. The number of hydrogen-bond acceptors (Lipinski definition) is 6. The number of ether oxygens (including phenoxy) is 1. The molecule has 9 heteroatoms. The topological polar surface area (TPSA) is 90.2 Å². The van der Waals surface area contributed by atoms with Crippen LogP contribution in [0.3, 0.4) is 0 Å². The fraction of sp³-hybridized carbons (Fsp3) is 0.111. The molecule has 2 aromatic carbocycles. The van der Waals surface area contributed by atoms with E-state index >= 15 is 0 Å². The highest BCUT2D eigenvalue weighted by atomic mass is 79.9. The summed E-state index contributed by atoms with van der Waals surface area (Å²) in [4.78, 5) is 18.7. The van der Waals surface area contributed by atoms with Gasteiger partial charge in [-0.2, -0.15) is 4.98 Å². The summed E-state index contributed by atoms with van der Waals surface area (Å²) in [5.74, 6) is -0.584. The second-order valence-electron chi connectivity index (χ2n) is 5.81. The first-order chi connectivity index (χ1) is 12.8. The number of rotatable bonds is 5. The Morgan fingerprint density at radius 1 is 1.15 bits per heavy atom. The summed E-state index contributed by atoms with van der Waals surface area (Å²) in [6.07, 6.45) is 1.12. The van der Waals surface area contributed by atoms with Crippen LogP contribution in [0, 0.1) is 29.8 Å². The number of nitro groups is 1. The van der Waals surface area contributed by atoms with E-state index < -0.39 is 16.4 Å². The molecule has 0 radical (unpaired) electrons. The molecule has 0 atom stereocenters. The van der Waals surface area contributed by atoms with Crippen molar-refractivity contribution >= 4 is 33.1 Å². The average Bonchev–Trinajstić information content (AvgIpc) is 2.56. The molecule has 27 heavy (non-hydrogen) atoms. The van der Waals surface area contributed by atoms with E-state index in [1.165, 1.54) is 12.1 Å². The first kappa shape index (κ1) is 18.7. The third-order valence-corrected chi connectivity index (χ3v) is 4.06. The van der Waals surface area contributed by atoms with Gasteiger partial charge in [0.2, 0.25) is 5.82 Å². The van der Waals surface area contributed by atoms with Gasteiger partial charge in [-0.1, -0.05) is 22.0 Å². The zero-order valence-electron chi connectivity index (χ0n) is 14.4. The van der Waals surface area contributed by atoms with Gasteiger partial charge in [0.1, 0.15) is 17.9 Å². The van der Waals surface area contributed by atoms with Gasteiger partial charge in [-0.3, -0.25) is 10.1 Å². The lowest BCUT2D eigenvalue weighted by Crippen LogP contribution is -2.04. The fourth-order valence-corrected chi connectivity index (χ4v) is 2.85. The van der Waals surface area contributed by atoms with Gasteiger partial charge in [0.05, 0.1) is 10.6 Å². The van der Waals surface area contributed by atoms with Crippen LogP contribution >= 0.6 is 15.9 Å². The molecule has 1 heterocycles. The first-order valence-electron chi connectivity index (χ1n) is 7.81. The van der Waals surface area contributed by atoms with E-state index in [9.17, 15) is 14.5 Å². The van der Waals surface area contributed by atoms with Crippen LogP contribution < -0.4 is 10.1 Å². The van der Waals surface area contributed by atoms with E-state index in [2.05, 4.69) is 31.2 Å². The van der Waals surface area contributed by atoms with Crippen LogP contribution in [0.4, 0.5) is 21.6 Å². The standard InChI is InChI=1S/C18H14BrFN4O3/c1-10-5-11(2)7-13(6-10)27-18-16(24(25)26)17(21-9-22-18)23-15-4-3-12(19)8-14(15)20/h3-9H,1-2H3,(H,21,22,23). The second kappa shape index (κ2) is 7.67. The maximum Gasteiger partial charge on any atom is 0.373 e. The number of anilines is 2. The number of benzene rings is 2. The van der Waals surface area contributed by atoms with Crippen LogP contribution in [0.25, 0.3) is 0 Å². The van der Waals surface area contributed by atoms with E-state index in [0.717, 1.165) is 17.5 Å². The van der Waals surface area contributed by atoms with Gasteiger partial charge >= 0.3 is 11.6 Å². The fourth-order valence-electron chi connectivity index (χ4n) is 2.52. The van der Waals surface area contributed by atoms with Crippen LogP contribution in [0.5, 0.6) is 11.6 Å². The Kier molecular flexibility index (Phi) is 5.31. The van der Waals surface area contributed by atoms with Crippen molar-refractivity contribution in [2.45, 2.75) is 13.8 Å². The zero-order chi connectivity index (χ0) is 19.6. The Labute approximate surface area is 162 Å². The molecule has 3 aromatic rings. The summed E-state index contributed by atoms with van der Waals surface area (Å²) >= 11 is 3.16. The molecule has 1 N–H and O–H groups in total. The highest BCUT2D eigenvalue weighted by Crippen LogP contribution is 2.36. The summed E-state index contributed by atoms with van der Waals surface area (Å²) < 4.78 is 20.2. The predicted octanol–water partition coefficient (Wildman–Crippen LogP) is 5.44. The Hall–Kier alpha value is -3.07. The molecule has 0 aliphatic carbocycles. The molecule has 138 valence electrons. The summed E-state index contributed by atoms with van der Waals surface area (Å²) in [6.45, 7) is 3.77. The van der Waals surface area contributed by atoms with Crippen LogP contribution in [-0.4, -0.2) is 14.9 Å². The Balaban J connectivity index is 2.00. The van der Waals surface area contributed by atoms with E-state index in [0.29, 0.717) is 10.2 Å². The van der Waals surface area contributed by atoms with Crippen LogP contribution in [0.1, 0.15) is 11.1 Å². The van der Waals surface area contributed by atoms with Crippen molar-refractivity contribution < 1.29 is 14.1 Å².